The van der Waals surface area contributed by atoms with Crippen LogP contribution in [0.1, 0.15) is 44.5 Å². The van der Waals surface area contributed by atoms with Crippen LogP contribution < -0.4 is 5.32 Å². The molecule has 1 unspecified atom stereocenters. The molecule has 8 heteroatoms. The summed E-state index contributed by atoms with van der Waals surface area (Å²) in [5.74, 6) is 0.759. The van der Waals surface area contributed by atoms with Crippen LogP contribution in [-0.2, 0) is 16.1 Å². The Morgan fingerprint density at radius 2 is 2.19 bits per heavy atom. The number of aliphatic imine (C=N–C) groups is 1. The van der Waals surface area contributed by atoms with Gasteiger partial charge in [-0.15, -0.1) is 24.0 Å². The molecule has 1 aromatic heterocycles. The number of nitrogens with zero attached hydrogens (tertiary/aromatic N) is 4. The molecule has 154 valence electrons. The third-order valence-electron chi connectivity index (χ3n) is 4.57. The number of guanidine groups is 1. The summed E-state index contributed by atoms with van der Waals surface area (Å²) in [6, 6.07) is 2.09. The lowest BCUT2D eigenvalue weighted by atomic mass is 9.98. The first-order chi connectivity index (χ1) is 12.5. The minimum absolute atomic E-state index is 0. The van der Waals surface area contributed by atoms with Gasteiger partial charge in [-0.3, -0.25) is 14.5 Å². The summed E-state index contributed by atoms with van der Waals surface area (Å²) in [5.41, 5.74) is 2.24. The van der Waals surface area contributed by atoms with Crippen molar-refractivity contribution in [3.8, 4) is 0 Å². The zero-order chi connectivity index (χ0) is 18.9. The SMILES string of the molecule is CCNC(=NCCCn1nc(C)cc1C)N1CCCC(C(=O)OCC)C1.I. The molecule has 0 spiro atoms. The molecule has 1 aromatic rings. The zero-order valence-electron chi connectivity index (χ0n) is 17.0. The molecule has 1 fully saturated rings. The fourth-order valence-corrected chi connectivity index (χ4v) is 3.35. The lowest BCUT2D eigenvalue weighted by Gasteiger charge is -2.34. The summed E-state index contributed by atoms with van der Waals surface area (Å²) >= 11 is 0. The van der Waals surface area contributed by atoms with Crippen LogP contribution in [0.5, 0.6) is 0 Å². The second-order valence-corrected chi connectivity index (χ2v) is 6.78. The predicted molar refractivity (Wildman–Crippen MR) is 119 cm³/mol. The Morgan fingerprint density at radius 1 is 1.41 bits per heavy atom. The van der Waals surface area contributed by atoms with Gasteiger partial charge in [0.25, 0.3) is 0 Å². The summed E-state index contributed by atoms with van der Waals surface area (Å²) in [6.45, 7) is 12.5. The van der Waals surface area contributed by atoms with Crippen molar-refractivity contribution in [1.82, 2.24) is 20.0 Å². The highest BCUT2D eigenvalue weighted by atomic mass is 127. The van der Waals surface area contributed by atoms with Crippen molar-refractivity contribution in [2.45, 2.75) is 53.5 Å². The molecule has 0 amide bonds. The molecule has 2 rings (SSSR count). The van der Waals surface area contributed by atoms with Crippen LogP contribution in [0.25, 0.3) is 0 Å². The van der Waals surface area contributed by atoms with Gasteiger partial charge < -0.3 is 15.0 Å². The van der Waals surface area contributed by atoms with Gasteiger partial charge in [0.05, 0.1) is 18.2 Å². The molecule has 1 aliphatic heterocycles. The Bertz CT molecular complexity index is 617. The fourth-order valence-electron chi connectivity index (χ4n) is 3.35. The number of likely N-dealkylation sites (tertiary alicyclic amines) is 1. The highest BCUT2D eigenvalue weighted by Crippen LogP contribution is 2.18. The number of carbonyl (C=O) groups is 1. The molecule has 1 aliphatic rings. The molecule has 0 bridgehead atoms. The Kier molecular flexibility index (Phi) is 10.7. The molecule has 0 aliphatic carbocycles. The number of hydrogen-bond donors (Lipinski definition) is 1. The number of aromatic nitrogens is 2. The minimum Gasteiger partial charge on any atom is -0.466 e. The molecular formula is C19H34IN5O2. The van der Waals surface area contributed by atoms with Crippen LogP contribution in [-0.4, -0.2) is 59.4 Å². The highest BCUT2D eigenvalue weighted by molar-refractivity contribution is 14.0. The average molecular weight is 491 g/mol. The smallest absolute Gasteiger partial charge is 0.310 e. The van der Waals surface area contributed by atoms with E-state index in [0.29, 0.717) is 13.2 Å². The van der Waals surface area contributed by atoms with E-state index in [-0.39, 0.29) is 35.9 Å². The van der Waals surface area contributed by atoms with Gasteiger partial charge in [0.2, 0.25) is 0 Å². The van der Waals surface area contributed by atoms with Crippen LogP contribution in [0.4, 0.5) is 0 Å². The second kappa shape index (κ2) is 12.2. The maximum atomic E-state index is 12.1. The lowest BCUT2D eigenvalue weighted by molar-refractivity contribution is -0.149. The third-order valence-corrected chi connectivity index (χ3v) is 4.57. The van der Waals surface area contributed by atoms with Gasteiger partial charge in [0, 0.05) is 38.4 Å². The number of hydrogen-bond acceptors (Lipinski definition) is 4. The van der Waals surface area contributed by atoms with Crippen molar-refractivity contribution in [2.75, 3.05) is 32.8 Å². The molecule has 1 N–H and O–H groups in total. The Hall–Kier alpha value is -1.32. The van der Waals surface area contributed by atoms with Crippen molar-refractivity contribution in [3.05, 3.63) is 17.5 Å². The van der Waals surface area contributed by atoms with Crippen molar-refractivity contribution in [2.24, 2.45) is 10.9 Å². The molecule has 2 heterocycles. The van der Waals surface area contributed by atoms with Crippen LogP contribution in [0.15, 0.2) is 11.1 Å². The zero-order valence-corrected chi connectivity index (χ0v) is 19.4. The topological polar surface area (TPSA) is 71.8 Å². The van der Waals surface area contributed by atoms with E-state index in [1.54, 1.807) is 0 Å². The van der Waals surface area contributed by atoms with E-state index >= 15 is 0 Å². The molecular weight excluding hydrogens is 457 g/mol. The summed E-state index contributed by atoms with van der Waals surface area (Å²) in [7, 11) is 0. The molecule has 0 saturated carbocycles. The van der Waals surface area contributed by atoms with Crippen LogP contribution in [0, 0.1) is 19.8 Å². The summed E-state index contributed by atoms with van der Waals surface area (Å²) < 4.78 is 7.23. The van der Waals surface area contributed by atoms with Gasteiger partial charge in [0.1, 0.15) is 0 Å². The first-order valence-electron chi connectivity index (χ1n) is 9.76. The van der Waals surface area contributed by atoms with E-state index in [4.69, 9.17) is 9.73 Å². The van der Waals surface area contributed by atoms with Crippen molar-refractivity contribution in [3.63, 3.8) is 0 Å². The summed E-state index contributed by atoms with van der Waals surface area (Å²) in [5, 5.41) is 7.85. The quantitative estimate of drug-likeness (QED) is 0.209. The molecule has 7 nitrogen and oxygen atoms in total. The summed E-state index contributed by atoms with van der Waals surface area (Å²) in [6.07, 6.45) is 2.82. The molecule has 0 radical (unpaired) electrons. The van der Waals surface area contributed by atoms with E-state index < -0.39 is 0 Å². The van der Waals surface area contributed by atoms with Crippen molar-refractivity contribution in [1.29, 1.82) is 0 Å². The fraction of sp³-hybridized carbons (Fsp3) is 0.737. The van der Waals surface area contributed by atoms with Crippen LogP contribution in [0.3, 0.4) is 0 Å². The Morgan fingerprint density at radius 3 is 2.81 bits per heavy atom. The van der Waals surface area contributed by atoms with E-state index in [9.17, 15) is 4.79 Å². The highest BCUT2D eigenvalue weighted by Gasteiger charge is 2.28. The first kappa shape index (κ1) is 23.7. The number of esters is 1. The monoisotopic (exact) mass is 491 g/mol. The van der Waals surface area contributed by atoms with Gasteiger partial charge in [-0.1, -0.05) is 0 Å². The number of piperidine rings is 1. The molecule has 1 atom stereocenters. The average Bonchev–Trinajstić information content (AvgIpc) is 2.95. The maximum Gasteiger partial charge on any atom is 0.310 e. The van der Waals surface area contributed by atoms with E-state index in [1.165, 1.54) is 5.69 Å². The van der Waals surface area contributed by atoms with Gasteiger partial charge >= 0.3 is 5.97 Å². The number of halogens is 1. The first-order valence-corrected chi connectivity index (χ1v) is 9.76. The predicted octanol–water partition coefficient (Wildman–Crippen LogP) is 2.75. The largest absolute Gasteiger partial charge is 0.466 e. The number of rotatable bonds is 7. The number of carbonyl (C=O) groups excluding carboxylic acids is 1. The van der Waals surface area contributed by atoms with Crippen molar-refractivity contribution >= 4 is 35.9 Å². The van der Waals surface area contributed by atoms with E-state index in [0.717, 1.165) is 57.1 Å². The maximum absolute atomic E-state index is 12.1. The lowest BCUT2D eigenvalue weighted by Crippen LogP contribution is -2.48. The molecule has 1 saturated heterocycles. The summed E-state index contributed by atoms with van der Waals surface area (Å²) in [4.78, 5) is 19.0. The van der Waals surface area contributed by atoms with Gasteiger partial charge in [-0.05, 0) is 53.0 Å². The normalized spacial score (nSPS) is 17.4. The van der Waals surface area contributed by atoms with Crippen molar-refractivity contribution < 1.29 is 9.53 Å². The molecule has 0 aromatic carbocycles. The minimum atomic E-state index is -0.0856. The number of ether oxygens (including phenoxy) is 1. The number of nitrogens with one attached hydrogen (secondary N) is 1. The van der Waals surface area contributed by atoms with Gasteiger partial charge in [0.15, 0.2) is 5.96 Å². The Balaban J connectivity index is 0.00000364. The standard InChI is InChI=1S/C19H33N5O2.HI/c1-5-20-19(21-10-8-12-24-16(4)13-15(3)22-24)23-11-7-9-17(14-23)18(25)26-6-2;/h13,17H,5-12,14H2,1-4H3,(H,20,21);1H. The van der Waals surface area contributed by atoms with Gasteiger partial charge in [-0.2, -0.15) is 5.10 Å². The number of aryl methyl sites for hydroxylation is 3. The van der Waals surface area contributed by atoms with E-state index in [1.807, 2.05) is 18.5 Å². The molecule has 27 heavy (non-hydrogen) atoms. The second-order valence-electron chi connectivity index (χ2n) is 6.78. The Labute approximate surface area is 179 Å². The van der Waals surface area contributed by atoms with Crippen LogP contribution >= 0.6 is 24.0 Å². The third kappa shape index (κ3) is 7.31. The van der Waals surface area contributed by atoms with Crippen LogP contribution in [0.2, 0.25) is 0 Å². The van der Waals surface area contributed by atoms with E-state index in [2.05, 4.69) is 35.2 Å². The van der Waals surface area contributed by atoms with Gasteiger partial charge in [-0.25, -0.2) is 0 Å².